The van der Waals surface area contributed by atoms with Gasteiger partial charge in [0.05, 0.1) is 14.9 Å². The fourth-order valence-electron chi connectivity index (χ4n) is 1.47. The first kappa shape index (κ1) is 17.7. The van der Waals surface area contributed by atoms with Gasteiger partial charge >= 0.3 is 5.97 Å². The van der Waals surface area contributed by atoms with Gasteiger partial charge in [-0.2, -0.15) is 4.72 Å². The second-order valence-electron chi connectivity index (χ2n) is 4.28. The normalized spacial score (nSPS) is 11.4. The maximum Gasteiger partial charge on any atom is 0.321 e. The maximum atomic E-state index is 12.0. The lowest BCUT2D eigenvalue weighted by molar-refractivity contribution is -0.144. The predicted molar refractivity (Wildman–Crippen MR) is 80.5 cm³/mol. The number of hydrogen-bond acceptors (Lipinski definition) is 7. The molecule has 0 saturated carbocycles. The van der Waals surface area contributed by atoms with E-state index in [0.29, 0.717) is 5.89 Å². The molecule has 1 aromatic carbocycles. The lowest BCUT2D eigenvalue weighted by Crippen LogP contribution is -2.30. The summed E-state index contributed by atoms with van der Waals surface area (Å²) in [5.41, 5.74) is 0. The third-order valence-corrected chi connectivity index (χ3v) is 4.67. The van der Waals surface area contributed by atoms with Crippen LogP contribution < -0.4 is 4.72 Å². The van der Waals surface area contributed by atoms with Crippen molar-refractivity contribution in [1.29, 1.82) is 0 Å². The number of aromatic nitrogens is 2. The van der Waals surface area contributed by atoms with Crippen molar-refractivity contribution in [3.05, 3.63) is 40.0 Å². The molecule has 124 valence electrons. The molecule has 0 radical (unpaired) electrons. The minimum absolute atomic E-state index is 0.0869. The number of halogens is 2. The van der Waals surface area contributed by atoms with Gasteiger partial charge in [0, 0.05) is 6.92 Å². The van der Waals surface area contributed by atoms with E-state index in [0.717, 1.165) is 0 Å². The Hall–Kier alpha value is -1.68. The number of benzene rings is 1. The predicted octanol–water partition coefficient (Wildman–Crippen LogP) is 1.71. The molecule has 0 saturated heterocycles. The molecule has 0 fully saturated rings. The Morgan fingerprint density at radius 2 is 2.04 bits per heavy atom. The summed E-state index contributed by atoms with van der Waals surface area (Å²) in [6.45, 7) is 0.785. The van der Waals surface area contributed by atoms with Crippen LogP contribution in [0.1, 0.15) is 11.8 Å². The minimum atomic E-state index is -3.92. The zero-order valence-corrected chi connectivity index (χ0v) is 14.1. The molecule has 2 rings (SSSR count). The van der Waals surface area contributed by atoms with E-state index in [1.807, 2.05) is 0 Å². The summed E-state index contributed by atoms with van der Waals surface area (Å²) in [6, 6.07) is 3.79. The highest BCUT2D eigenvalue weighted by molar-refractivity contribution is 7.89. The van der Waals surface area contributed by atoms with Crippen LogP contribution in [0.3, 0.4) is 0 Å². The lowest BCUT2D eigenvalue weighted by atomic mass is 10.4. The smallest absolute Gasteiger partial charge is 0.321 e. The molecule has 2 aromatic rings. The molecule has 11 heteroatoms. The van der Waals surface area contributed by atoms with Crippen LogP contribution in [0.2, 0.25) is 10.0 Å². The van der Waals surface area contributed by atoms with Crippen LogP contribution in [0.4, 0.5) is 0 Å². The van der Waals surface area contributed by atoms with Gasteiger partial charge < -0.3 is 9.15 Å². The Bertz CT molecular complexity index is 822. The van der Waals surface area contributed by atoms with Crippen LogP contribution in [0, 0.1) is 6.92 Å². The second kappa shape index (κ2) is 7.26. The first-order valence-electron chi connectivity index (χ1n) is 6.17. The molecule has 1 N–H and O–H groups in total. The summed E-state index contributed by atoms with van der Waals surface area (Å²) in [5.74, 6) is -0.357. The molecule has 0 spiro atoms. The van der Waals surface area contributed by atoms with Gasteiger partial charge in [-0.25, -0.2) is 8.42 Å². The summed E-state index contributed by atoms with van der Waals surface area (Å²) in [5, 5.41) is 7.50. The molecule has 0 amide bonds. The van der Waals surface area contributed by atoms with E-state index in [9.17, 15) is 13.2 Å². The van der Waals surface area contributed by atoms with Crippen molar-refractivity contribution in [2.75, 3.05) is 6.54 Å². The highest BCUT2D eigenvalue weighted by Crippen LogP contribution is 2.24. The average molecular weight is 380 g/mol. The molecular weight excluding hydrogens is 369 g/mol. The van der Waals surface area contributed by atoms with E-state index in [1.54, 1.807) is 6.92 Å². The van der Waals surface area contributed by atoms with Crippen molar-refractivity contribution in [1.82, 2.24) is 14.9 Å². The minimum Gasteiger partial charge on any atom is -0.455 e. The quantitative estimate of drug-likeness (QED) is 0.760. The molecule has 0 aliphatic heterocycles. The van der Waals surface area contributed by atoms with Gasteiger partial charge in [0.2, 0.25) is 15.9 Å². The molecule has 0 aliphatic rings. The van der Waals surface area contributed by atoms with Crippen LogP contribution in [0.5, 0.6) is 0 Å². The van der Waals surface area contributed by atoms with Gasteiger partial charge in [0.25, 0.3) is 5.89 Å². The molecule has 0 unspecified atom stereocenters. The van der Waals surface area contributed by atoms with Crippen molar-refractivity contribution >= 4 is 39.2 Å². The Balaban J connectivity index is 1.90. The first-order valence-corrected chi connectivity index (χ1v) is 8.41. The number of rotatable bonds is 6. The van der Waals surface area contributed by atoms with Gasteiger partial charge in [-0.1, -0.05) is 23.2 Å². The first-order chi connectivity index (χ1) is 10.8. The summed E-state index contributed by atoms with van der Waals surface area (Å²) >= 11 is 11.5. The zero-order chi connectivity index (χ0) is 17.0. The van der Waals surface area contributed by atoms with E-state index in [1.165, 1.54) is 18.2 Å². The van der Waals surface area contributed by atoms with Crippen LogP contribution in [-0.4, -0.2) is 31.1 Å². The molecular formula is C12H11Cl2N3O5S. The highest BCUT2D eigenvalue weighted by atomic mass is 35.5. The Labute approximate surface area is 141 Å². The van der Waals surface area contributed by atoms with Gasteiger partial charge in [-0.3, -0.25) is 4.79 Å². The number of carbonyl (C=O) groups is 1. The van der Waals surface area contributed by atoms with Crippen molar-refractivity contribution in [2.24, 2.45) is 0 Å². The number of esters is 1. The van der Waals surface area contributed by atoms with E-state index in [-0.39, 0.29) is 27.4 Å². The third-order valence-electron chi connectivity index (χ3n) is 2.53. The maximum absolute atomic E-state index is 12.0. The second-order valence-corrected chi connectivity index (χ2v) is 6.86. The third kappa shape index (κ3) is 4.90. The van der Waals surface area contributed by atoms with Crippen LogP contribution in [0.15, 0.2) is 27.5 Å². The fourth-order valence-corrected chi connectivity index (χ4v) is 2.83. The van der Waals surface area contributed by atoms with Crippen LogP contribution in [0.25, 0.3) is 0 Å². The number of nitrogens with one attached hydrogen (secondary N) is 1. The van der Waals surface area contributed by atoms with Gasteiger partial charge in [-0.05, 0) is 18.2 Å². The average Bonchev–Trinajstić information content (AvgIpc) is 2.91. The number of sulfonamides is 1. The van der Waals surface area contributed by atoms with Crippen molar-refractivity contribution in [2.45, 2.75) is 18.4 Å². The SMILES string of the molecule is Cc1nnc(COC(=O)CNS(=O)(=O)c2ccc(Cl)c(Cl)c2)o1. The summed E-state index contributed by atoms with van der Waals surface area (Å²) < 4.78 is 35.9. The number of carbonyl (C=O) groups excluding carboxylic acids is 1. The van der Waals surface area contributed by atoms with E-state index in [4.69, 9.17) is 32.4 Å². The number of aryl methyl sites for hydroxylation is 1. The monoisotopic (exact) mass is 379 g/mol. The van der Waals surface area contributed by atoms with Crippen LogP contribution >= 0.6 is 23.2 Å². The Morgan fingerprint density at radius 1 is 1.30 bits per heavy atom. The molecule has 0 aliphatic carbocycles. The van der Waals surface area contributed by atoms with E-state index >= 15 is 0 Å². The summed E-state index contributed by atoms with van der Waals surface area (Å²) in [4.78, 5) is 11.4. The van der Waals surface area contributed by atoms with Crippen LogP contribution in [-0.2, 0) is 26.2 Å². The largest absolute Gasteiger partial charge is 0.455 e. The van der Waals surface area contributed by atoms with Gasteiger partial charge in [-0.15, -0.1) is 10.2 Å². The number of hydrogen-bond donors (Lipinski definition) is 1. The Morgan fingerprint density at radius 3 is 2.65 bits per heavy atom. The highest BCUT2D eigenvalue weighted by Gasteiger charge is 2.17. The molecule has 1 aromatic heterocycles. The number of ether oxygens (including phenoxy) is 1. The topological polar surface area (TPSA) is 111 Å². The van der Waals surface area contributed by atoms with Gasteiger partial charge in [0.1, 0.15) is 6.54 Å². The molecule has 0 atom stereocenters. The molecule has 0 bridgehead atoms. The van der Waals surface area contributed by atoms with Gasteiger partial charge in [0.15, 0.2) is 6.61 Å². The van der Waals surface area contributed by atoms with Crippen molar-refractivity contribution < 1.29 is 22.4 Å². The standard InChI is InChI=1S/C12H11Cl2N3O5S/c1-7-16-17-11(22-7)6-21-12(18)5-15-23(19,20)8-2-3-9(13)10(14)4-8/h2-4,15H,5-6H2,1H3. The summed E-state index contributed by atoms with van der Waals surface area (Å²) in [7, 11) is -3.92. The lowest BCUT2D eigenvalue weighted by Gasteiger charge is -2.07. The number of nitrogens with zero attached hydrogens (tertiary/aromatic N) is 2. The summed E-state index contributed by atoms with van der Waals surface area (Å²) in [6.07, 6.45) is 0. The van der Waals surface area contributed by atoms with Crippen molar-refractivity contribution in [3.63, 3.8) is 0 Å². The van der Waals surface area contributed by atoms with E-state index in [2.05, 4.69) is 14.9 Å². The molecule has 1 heterocycles. The van der Waals surface area contributed by atoms with E-state index < -0.39 is 22.5 Å². The molecule has 23 heavy (non-hydrogen) atoms. The zero-order valence-electron chi connectivity index (χ0n) is 11.7. The Kier molecular flexibility index (Phi) is 5.58. The van der Waals surface area contributed by atoms with Crippen molar-refractivity contribution in [3.8, 4) is 0 Å². The fraction of sp³-hybridized carbons (Fsp3) is 0.250. The molecule has 8 nitrogen and oxygen atoms in total.